The van der Waals surface area contributed by atoms with Crippen molar-refractivity contribution < 1.29 is 18.9 Å². The summed E-state index contributed by atoms with van der Waals surface area (Å²) in [4.78, 5) is 4.11. The van der Waals surface area contributed by atoms with Crippen LogP contribution in [-0.2, 0) is 0 Å². The summed E-state index contributed by atoms with van der Waals surface area (Å²) in [5, 5.41) is 0. The Morgan fingerprint density at radius 2 is 2.25 bits per heavy atom. The second-order valence-electron chi connectivity index (χ2n) is 1.73. The molecule has 1 heterocycles. The van der Waals surface area contributed by atoms with Crippen LogP contribution in [-0.4, -0.2) is 4.98 Å². The van der Waals surface area contributed by atoms with E-state index in [4.69, 9.17) is 0 Å². The third-order valence-electron chi connectivity index (χ3n) is 0.918. The number of aryl methyl sites for hydroxylation is 2. The Morgan fingerprint density at radius 1 is 1.62 bits per heavy atom. The van der Waals surface area contributed by atoms with Crippen LogP contribution in [0, 0.1) is 13.8 Å². The number of nitrogens with zero attached hydrogens (tertiary/aromatic N) is 1. The molecule has 1 aromatic heterocycles. The van der Waals surface area contributed by atoms with Crippen LogP contribution >= 0.6 is 0 Å². The van der Waals surface area contributed by atoms with Gasteiger partial charge in [0.2, 0.25) is 0 Å². The molecule has 0 aliphatic heterocycles. The quantitative estimate of drug-likeness (QED) is 0.284. The molecule has 8 heavy (non-hydrogen) atoms. The first-order valence-corrected chi connectivity index (χ1v) is 2.36. The summed E-state index contributed by atoms with van der Waals surface area (Å²) < 4.78 is 0. The topological polar surface area (TPSA) is 12.9 Å². The maximum Gasteiger partial charge on any atom is 1.00 e. The maximum atomic E-state index is 4.11. The van der Waals surface area contributed by atoms with E-state index in [-0.39, 0.29) is 18.9 Å². The summed E-state index contributed by atoms with van der Waals surface area (Å²) in [5.74, 6) is 0. The van der Waals surface area contributed by atoms with Gasteiger partial charge in [-0.1, -0.05) is 19.5 Å². The maximum absolute atomic E-state index is 4.11. The Morgan fingerprint density at radius 3 is 2.38 bits per heavy atom. The Kier molecular flexibility index (Phi) is 2.97. The van der Waals surface area contributed by atoms with Crippen LogP contribution < -0.4 is 18.9 Å². The van der Waals surface area contributed by atoms with E-state index in [9.17, 15) is 0 Å². The minimum Gasteiger partial charge on any atom is -0.397 e. The van der Waals surface area contributed by atoms with Gasteiger partial charge in [-0.15, -0.1) is 5.69 Å². The number of rotatable bonds is 0. The molecule has 0 saturated carbocycles. The van der Waals surface area contributed by atoms with Crippen molar-refractivity contribution in [3.05, 3.63) is 23.5 Å². The number of aromatic nitrogens is 1. The van der Waals surface area contributed by atoms with Gasteiger partial charge in [0, 0.05) is 0 Å². The van der Waals surface area contributed by atoms with Gasteiger partial charge in [0.25, 0.3) is 0 Å². The average molecular weight is 101 g/mol. The molecule has 0 aliphatic rings. The molecule has 1 rings (SSSR count). The van der Waals surface area contributed by atoms with Crippen LogP contribution in [0.5, 0.6) is 0 Å². The summed E-state index contributed by atoms with van der Waals surface area (Å²) in [6, 6.07) is 4.02. The Balaban J connectivity index is 0.000000490. The minimum atomic E-state index is 0. The van der Waals surface area contributed by atoms with Gasteiger partial charge in [0.1, 0.15) is 0 Å². The fourth-order valence-corrected chi connectivity index (χ4v) is 0.594. The van der Waals surface area contributed by atoms with Crippen LogP contribution in [0.25, 0.3) is 0 Å². The van der Waals surface area contributed by atoms with E-state index in [0.717, 1.165) is 11.4 Å². The van der Waals surface area contributed by atoms with Gasteiger partial charge in [0.05, 0.1) is 0 Å². The number of hydrogen-bond donors (Lipinski definition) is 0. The van der Waals surface area contributed by atoms with E-state index < -0.39 is 0 Å². The van der Waals surface area contributed by atoms with Crippen molar-refractivity contribution in [1.82, 2.24) is 4.98 Å². The monoisotopic (exact) mass is 101 g/mol. The molecule has 2 heteroatoms. The first kappa shape index (κ1) is 7.88. The molecule has 0 N–H and O–H groups in total. The Labute approximate surface area is 61.7 Å². The van der Waals surface area contributed by atoms with Crippen LogP contribution in [0.1, 0.15) is 11.4 Å². The molecule has 0 spiro atoms. The fraction of sp³-hybridized carbons (Fsp3) is 0.333. The molecular formula is C6H8LiN. The van der Waals surface area contributed by atoms with Gasteiger partial charge >= 0.3 is 18.9 Å². The third kappa shape index (κ3) is 1.77. The second kappa shape index (κ2) is 3.01. The van der Waals surface area contributed by atoms with Crippen molar-refractivity contribution in [3.63, 3.8) is 0 Å². The fourth-order valence-electron chi connectivity index (χ4n) is 0.594. The van der Waals surface area contributed by atoms with Gasteiger partial charge in [-0.25, -0.2) is 0 Å². The molecule has 0 saturated heterocycles. The molecule has 0 bridgehead atoms. The molecule has 0 aromatic carbocycles. The van der Waals surface area contributed by atoms with Crippen molar-refractivity contribution in [1.29, 1.82) is 0 Å². The molecule has 0 radical (unpaired) electrons. The zero-order valence-electron chi connectivity index (χ0n) is 5.60. The zero-order valence-corrected chi connectivity index (χ0v) is 5.60. The summed E-state index contributed by atoms with van der Waals surface area (Å²) >= 11 is 0. The second-order valence-corrected chi connectivity index (χ2v) is 1.73. The van der Waals surface area contributed by atoms with Gasteiger partial charge in [-0.3, -0.25) is 0 Å². The van der Waals surface area contributed by atoms with Crippen LogP contribution in [0.4, 0.5) is 0 Å². The average Bonchev–Trinajstić information content (AvgIpc) is 1.87. The largest absolute Gasteiger partial charge is 1.00 e. The molecule has 38 valence electrons. The van der Waals surface area contributed by atoms with E-state index in [1.165, 1.54) is 0 Å². The first-order chi connectivity index (χ1) is 3.29. The summed E-state index contributed by atoms with van der Waals surface area (Å²) in [7, 11) is 0. The van der Waals surface area contributed by atoms with Crippen molar-refractivity contribution in [3.8, 4) is 0 Å². The zero-order chi connectivity index (χ0) is 5.28. The van der Waals surface area contributed by atoms with Gasteiger partial charge in [-0.2, -0.15) is 12.1 Å². The molecular weight excluding hydrogens is 93.0 g/mol. The normalized spacial score (nSPS) is 8.25. The van der Waals surface area contributed by atoms with Crippen molar-refractivity contribution >= 4 is 0 Å². The predicted octanol–water partition coefficient (Wildman–Crippen LogP) is -1.58. The smallest absolute Gasteiger partial charge is 0.397 e. The minimum absolute atomic E-state index is 0. The van der Waals surface area contributed by atoms with Crippen LogP contribution in [0.3, 0.4) is 0 Å². The molecule has 0 unspecified atom stereocenters. The Bertz CT molecular complexity index is 141. The van der Waals surface area contributed by atoms with Crippen LogP contribution in [0.15, 0.2) is 12.1 Å². The van der Waals surface area contributed by atoms with Gasteiger partial charge in [-0.05, 0) is 0 Å². The predicted molar refractivity (Wildman–Crippen MR) is 29.3 cm³/mol. The molecule has 0 amide bonds. The van der Waals surface area contributed by atoms with Crippen molar-refractivity contribution in [2.75, 3.05) is 0 Å². The SMILES string of the molecule is Cc1cc[c-](C)n1.[Li+]. The summed E-state index contributed by atoms with van der Waals surface area (Å²) in [6.45, 7) is 3.99. The van der Waals surface area contributed by atoms with Gasteiger partial charge < -0.3 is 4.98 Å². The Hall–Kier alpha value is -0.123. The van der Waals surface area contributed by atoms with Crippen LogP contribution in [0.2, 0.25) is 0 Å². The summed E-state index contributed by atoms with van der Waals surface area (Å²) in [6.07, 6.45) is 0. The van der Waals surface area contributed by atoms with Gasteiger partial charge in [0.15, 0.2) is 0 Å². The first-order valence-electron chi connectivity index (χ1n) is 2.36. The molecule has 0 fully saturated rings. The van der Waals surface area contributed by atoms with E-state index in [1.54, 1.807) is 0 Å². The van der Waals surface area contributed by atoms with E-state index in [0.29, 0.717) is 0 Å². The molecule has 0 aliphatic carbocycles. The van der Waals surface area contributed by atoms with Crippen molar-refractivity contribution in [2.45, 2.75) is 13.8 Å². The summed E-state index contributed by atoms with van der Waals surface area (Å²) in [5.41, 5.74) is 2.22. The molecule has 0 atom stereocenters. The number of hydrogen-bond acceptors (Lipinski definition) is 1. The third-order valence-corrected chi connectivity index (χ3v) is 0.918. The standard InChI is InChI=1S/C6H8N.Li/c1-5-3-4-6(2)7-5;/h3-4H,1-2H3;/q-1;+1. The molecule has 1 nitrogen and oxygen atoms in total. The molecule has 1 aromatic rings. The van der Waals surface area contributed by atoms with E-state index in [1.807, 2.05) is 26.0 Å². The van der Waals surface area contributed by atoms with E-state index in [2.05, 4.69) is 4.98 Å². The van der Waals surface area contributed by atoms with E-state index >= 15 is 0 Å². The van der Waals surface area contributed by atoms with Crippen molar-refractivity contribution in [2.24, 2.45) is 0 Å².